The molecular weight excluding hydrogens is 304 g/mol. The van der Waals surface area contributed by atoms with Crippen molar-refractivity contribution in [2.45, 2.75) is 57.7 Å². The summed E-state index contributed by atoms with van der Waals surface area (Å²) in [7, 11) is 0. The van der Waals surface area contributed by atoms with Crippen LogP contribution in [0, 0.1) is 33.5 Å². The lowest BCUT2D eigenvalue weighted by molar-refractivity contribution is -0.401. The highest BCUT2D eigenvalue weighted by molar-refractivity contribution is 5.28. The highest BCUT2D eigenvalue weighted by Gasteiger charge is 2.73. The number of ether oxygens (including phenoxy) is 1. The standard InChI is InChI=1S/C20H30O4/c1-16(11-21)14-3-5-18-7-6-17(10-18,12-22)4-2-15(18)19(14)8-9-20(16,23)24-13-19/h6-7,14-15,21-23H,2-5,8-13H2,1H3/t14-,15-,16-,17+,18+,19+,20-/m0/s1. The second kappa shape index (κ2) is 4.46. The molecule has 24 heavy (non-hydrogen) atoms. The highest BCUT2D eigenvalue weighted by atomic mass is 16.6. The largest absolute Gasteiger partial charge is 0.396 e. The number of hydrogen-bond donors (Lipinski definition) is 3. The fourth-order valence-corrected chi connectivity index (χ4v) is 7.84. The van der Waals surface area contributed by atoms with Gasteiger partial charge in [-0.3, -0.25) is 0 Å². The summed E-state index contributed by atoms with van der Waals surface area (Å²) in [6, 6.07) is 0. The normalized spacial score (nSPS) is 60.8. The lowest BCUT2D eigenvalue weighted by Crippen LogP contribution is -2.73. The van der Waals surface area contributed by atoms with Gasteiger partial charge < -0.3 is 20.1 Å². The average molecular weight is 334 g/mol. The third kappa shape index (κ3) is 1.52. The summed E-state index contributed by atoms with van der Waals surface area (Å²) < 4.78 is 6.06. The van der Waals surface area contributed by atoms with E-state index in [1.165, 1.54) is 0 Å². The van der Waals surface area contributed by atoms with E-state index >= 15 is 0 Å². The van der Waals surface area contributed by atoms with Crippen LogP contribution < -0.4 is 0 Å². The summed E-state index contributed by atoms with van der Waals surface area (Å²) >= 11 is 0. The number of fused-ring (bicyclic) bond motifs is 3. The molecule has 3 N–H and O–H groups in total. The predicted molar refractivity (Wildman–Crippen MR) is 88.9 cm³/mol. The van der Waals surface area contributed by atoms with Crippen molar-refractivity contribution >= 4 is 0 Å². The van der Waals surface area contributed by atoms with Crippen LogP contribution in [0.4, 0.5) is 0 Å². The molecule has 3 saturated carbocycles. The molecule has 5 fully saturated rings. The van der Waals surface area contributed by atoms with Gasteiger partial charge in [0.05, 0.1) is 19.8 Å². The maximum Gasteiger partial charge on any atom is 0.173 e. The van der Waals surface area contributed by atoms with Crippen LogP contribution in [-0.4, -0.2) is 40.9 Å². The minimum Gasteiger partial charge on any atom is -0.396 e. The maximum atomic E-state index is 11.0. The molecule has 4 nitrogen and oxygen atoms in total. The molecule has 7 atom stereocenters. The van der Waals surface area contributed by atoms with Crippen LogP contribution in [0.2, 0.25) is 0 Å². The topological polar surface area (TPSA) is 69.9 Å². The van der Waals surface area contributed by atoms with Gasteiger partial charge in [0.15, 0.2) is 5.79 Å². The number of allylic oxidation sites excluding steroid dienone is 1. The van der Waals surface area contributed by atoms with Crippen molar-refractivity contribution in [3.8, 4) is 0 Å². The van der Waals surface area contributed by atoms with E-state index < -0.39 is 11.2 Å². The molecule has 6 aliphatic rings. The lowest BCUT2D eigenvalue weighted by atomic mass is 9.38. The van der Waals surface area contributed by atoms with E-state index in [0.717, 1.165) is 38.5 Å². The summed E-state index contributed by atoms with van der Waals surface area (Å²) in [4.78, 5) is 0. The number of hydrogen-bond acceptors (Lipinski definition) is 4. The molecule has 4 aliphatic carbocycles. The molecule has 0 aromatic heterocycles. The van der Waals surface area contributed by atoms with Gasteiger partial charge in [0, 0.05) is 22.7 Å². The Hall–Kier alpha value is -0.420. The Balaban J connectivity index is 1.59. The van der Waals surface area contributed by atoms with Crippen LogP contribution in [0.1, 0.15) is 51.9 Å². The molecule has 6 rings (SSSR count). The van der Waals surface area contributed by atoms with Gasteiger partial charge in [-0.25, -0.2) is 0 Å². The predicted octanol–water partition coefficient (Wildman–Crippen LogP) is 2.23. The van der Waals surface area contributed by atoms with Crippen molar-refractivity contribution in [1.82, 2.24) is 0 Å². The lowest BCUT2D eigenvalue weighted by Gasteiger charge is -2.71. The van der Waals surface area contributed by atoms with Crippen molar-refractivity contribution in [2.75, 3.05) is 19.8 Å². The van der Waals surface area contributed by atoms with Gasteiger partial charge in [-0.15, -0.1) is 0 Å². The van der Waals surface area contributed by atoms with Crippen molar-refractivity contribution in [1.29, 1.82) is 0 Å². The summed E-state index contributed by atoms with van der Waals surface area (Å²) in [6.45, 7) is 2.93. The smallest absolute Gasteiger partial charge is 0.173 e. The van der Waals surface area contributed by atoms with Crippen molar-refractivity contribution < 1.29 is 20.1 Å². The molecule has 4 bridgehead atoms. The Morgan fingerprint density at radius 1 is 1.00 bits per heavy atom. The van der Waals surface area contributed by atoms with Gasteiger partial charge in [0.2, 0.25) is 0 Å². The first kappa shape index (κ1) is 15.8. The molecule has 2 aliphatic heterocycles. The molecule has 2 heterocycles. The molecule has 2 spiro atoms. The second-order valence-corrected chi connectivity index (χ2v) is 9.83. The van der Waals surface area contributed by atoms with E-state index in [2.05, 4.69) is 12.2 Å². The summed E-state index contributed by atoms with van der Waals surface area (Å²) in [5.74, 6) is -0.278. The van der Waals surface area contributed by atoms with E-state index in [4.69, 9.17) is 4.74 Å². The minimum atomic E-state index is -1.16. The molecule has 2 saturated heterocycles. The number of aliphatic hydroxyl groups excluding tert-OH is 2. The van der Waals surface area contributed by atoms with Crippen molar-refractivity contribution in [3.05, 3.63) is 12.2 Å². The fourth-order valence-electron chi connectivity index (χ4n) is 7.84. The molecule has 134 valence electrons. The van der Waals surface area contributed by atoms with Crippen LogP contribution in [0.15, 0.2) is 12.2 Å². The highest BCUT2D eigenvalue weighted by Crippen LogP contribution is 2.74. The minimum absolute atomic E-state index is 0.00514. The fraction of sp³-hybridized carbons (Fsp3) is 0.900. The number of aliphatic hydroxyl groups is 3. The first-order chi connectivity index (χ1) is 11.4. The van der Waals surface area contributed by atoms with Crippen molar-refractivity contribution in [3.63, 3.8) is 0 Å². The zero-order valence-corrected chi connectivity index (χ0v) is 14.6. The third-order valence-electron chi connectivity index (χ3n) is 9.18. The Bertz CT molecular complexity index is 592. The van der Waals surface area contributed by atoms with E-state index in [9.17, 15) is 15.3 Å². The summed E-state index contributed by atoms with van der Waals surface area (Å²) in [5, 5.41) is 31.2. The zero-order chi connectivity index (χ0) is 16.8. The van der Waals surface area contributed by atoms with Crippen LogP contribution in [0.25, 0.3) is 0 Å². The Morgan fingerprint density at radius 3 is 2.46 bits per heavy atom. The molecular formula is C20H30O4. The van der Waals surface area contributed by atoms with E-state index in [1.807, 2.05) is 6.92 Å². The first-order valence-electron chi connectivity index (χ1n) is 9.66. The second-order valence-electron chi connectivity index (χ2n) is 9.83. The van der Waals surface area contributed by atoms with Crippen LogP contribution in [-0.2, 0) is 4.74 Å². The Morgan fingerprint density at radius 2 is 1.79 bits per heavy atom. The van der Waals surface area contributed by atoms with Gasteiger partial charge >= 0.3 is 0 Å². The Labute approximate surface area is 143 Å². The maximum absolute atomic E-state index is 11.0. The zero-order valence-electron chi connectivity index (χ0n) is 14.6. The van der Waals surface area contributed by atoms with Gasteiger partial charge in [-0.1, -0.05) is 19.1 Å². The van der Waals surface area contributed by atoms with Crippen LogP contribution in [0.5, 0.6) is 0 Å². The average Bonchev–Trinajstić information content (AvgIpc) is 2.88. The van der Waals surface area contributed by atoms with Gasteiger partial charge in [0.25, 0.3) is 0 Å². The SMILES string of the molecule is C[C@]1(CO)[C@@H]2CC[C@]34C=C[C@](CO)(CC[C@@H]3[C@@]23CC[C@]1(O)OC3)C4. The quantitative estimate of drug-likeness (QED) is 0.677. The Kier molecular flexibility index (Phi) is 2.93. The first-order valence-corrected chi connectivity index (χ1v) is 9.66. The van der Waals surface area contributed by atoms with Gasteiger partial charge in [0.1, 0.15) is 0 Å². The molecule has 0 aromatic carbocycles. The van der Waals surface area contributed by atoms with E-state index in [-0.39, 0.29) is 29.5 Å². The van der Waals surface area contributed by atoms with E-state index in [0.29, 0.717) is 24.9 Å². The summed E-state index contributed by atoms with van der Waals surface area (Å²) in [5.41, 5.74) is -0.273. The summed E-state index contributed by atoms with van der Waals surface area (Å²) in [6.07, 6.45) is 11.8. The van der Waals surface area contributed by atoms with Gasteiger partial charge in [-0.2, -0.15) is 0 Å². The number of rotatable bonds is 2. The molecule has 4 heteroatoms. The van der Waals surface area contributed by atoms with Gasteiger partial charge in [-0.05, 0) is 55.8 Å². The molecule has 0 aromatic rings. The molecule has 0 unspecified atom stereocenters. The monoisotopic (exact) mass is 334 g/mol. The van der Waals surface area contributed by atoms with E-state index in [1.54, 1.807) is 0 Å². The van der Waals surface area contributed by atoms with Crippen LogP contribution in [0.3, 0.4) is 0 Å². The molecule has 0 radical (unpaired) electrons. The third-order valence-corrected chi connectivity index (χ3v) is 9.18. The van der Waals surface area contributed by atoms with Crippen LogP contribution >= 0.6 is 0 Å². The van der Waals surface area contributed by atoms with Crippen molar-refractivity contribution in [2.24, 2.45) is 33.5 Å². The molecule has 0 amide bonds.